The maximum Gasteiger partial charge on any atom is 0.344 e. The molecule has 0 atom stereocenters. The Morgan fingerprint density at radius 2 is 1.96 bits per heavy atom. The number of rotatable bonds is 4. The van der Waals surface area contributed by atoms with E-state index < -0.39 is 11.6 Å². The molecule has 0 saturated carbocycles. The number of carbonyl (C=O) groups excluding carboxylic acids is 1. The van der Waals surface area contributed by atoms with Crippen LogP contribution in [0.3, 0.4) is 0 Å². The molecule has 2 heterocycles. The van der Waals surface area contributed by atoms with Gasteiger partial charge in [-0.3, -0.25) is 0 Å². The van der Waals surface area contributed by atoms with Crippen molar-refractivity contribution in [3.05, 3.63) is 75.5 Å². The number of ether oxygens (including phenoxy) is 1. The van der Waals surface area contributed by atoms with Crippen LogP contribution in [0.25, 0.3) is 21.7 Å². The molecule has 0 spiro atoms. The quantitative estimate of drug-likeness (QED) is 0.291. The van der Waals surface area contributed by atoms with E-state index in [1.54, 1.807) is 13.0 Å². The number of aryl methyl sites for hydroxylation is 1. The van der Waals surface area contributed by atoms with Crippen LogP contribution in [0.1, 0.15) is 47.1 Å². The second kappa shape index (κ2) is 6.96. The van der Waals surface area contributed by atoms with Crippen LogP contribution in [-0.2, 0) is 11.3 Å². The molecule has 0 fully saturated rings. The summed E-state index contributed by atoms with van der Waals surface area (Å²) in [6, 6.07) is 12.8. The lowest BCUT2D eigenvalue weighted by atomic mass is 10.0. The number of esters is 1. The fourth-order valence-electron chi connectivity index (χ4n) is 3.38. The molecule has 0 amide bonds. The molecular weight excluding hydrogens is 358 g/mol. The van der Waals surface area contributed by atoms with Crippen LogP contribution in [-0.4, -0.2) is 11.1 Å². The van der Waals surface area contributed by atoms with Gasteiger partial charge in [-0.05, 0) is 23.8 Å². The van der Waals surface area contributed by atoms with Gasteiger partial charge in [-0.25, -0.2) is 9.59 Å². The Morgan fingerprint density at radius 1 is 1.18 bits per heavy atom. The van der Waals surface area contributed by atoms with Gasteiger partial charge in [0.1, 0.15) is 17.8 Å². The monoisotopic (exact) mass is 377 g/mol. The molecule has 0 bridgehead atoms. The van der Waals surface area contributed by atoms with Gasteiger partial charge in [0, 0.05) is 22.9 Å². The van der Waals surface area contributed by atoms with E-state index in [0.717, 1.165) is 16.2 Å². The van der Waals surface area contributed by atoms with E-state index in [-0.39, 0.29) is 12.5 Å². The van der Waals surface area contributed by atoms with Crippen molar-refractivity contribution < 1.29 is 18.5 Å². The third kappa shape index (κ3) is 3.07. The molecule has 0 aliphatic carbocycles. The first-order chi connectivity index (χ1) is 13.5. The minimum absolute atomic E-state index is 0.00251. The van der Waals surface area contributed by atoms with Crippen molar-refractivity contribution in [1.82, 2.24) is 5.16 Å². The van der Waals surface area contributed by atoms with E-state index >= 15 is 0 Å². The van der Waals surface area contributed by atoms with Crippen molar-refractivity contribution in [3.8, 4) is 0 Å². The summed E-state index contributed by atoms with van der Waals surface area (Å²) in [5, 5.41) is 6.58. The van der Waals surface area contributed by atoms with Gasteiger partial charge < -0.3 is 13.7 Å². The zero-order valence-corrected chi connectivity index (χ0v) is 15.8. The predicted octanol–water partition coefficient (Wildman–Crippen LogP) is 4.72. The zero-order valence-electron chi connectivity index (χ0n) is 15.8. The lowest BCUT2D eigenvalue weighted by Gasteiger charge is -2.10. The van der Waals surface area contributed by atoms with E-state index in [9.17, 15) is 9.59 Å². The average Bonchev–Trinajstić information content (AvgIpc) is 3.07. The van der Waals surface area contributed by atoms with E-state index in [1.165, 1.54) is 6.07 Å². The van der Waals surface area contributed by atoms with E-state index in [2.05, 4.69) is 5.16 Å². The van der Waals surface area contributed by atoms with Crippen LogP contribution in [0, 0.1) is 6.92 Å². The largest absolute Gasteiger partial charge is 0.457 e. The van der Waals surface area contributed by atoms with Gasteiger partial charge in [-0.15, -0.1) is 0 Å². The van der Waals surface area contributed by atoms with E-state index in [4.69, 9.17) is 13.7 Å². The summed E-state index contributed by atoms with van der Waals surface area (Å²) in [7, 11) is 0. The number of hydrogen-bond donors (Lipinski definition) is 0. The molecule has 4 aromatic rings. The normalized spacial score (nSPS) is 11.4. The predicted molar refractivity (Wildman–Crippen MR) is 104 cm³/mol. The van der Waals surface area contributed by atoms with Crippen molar-refractivity contribution in [1.29, 1.82) is 0 Å². The summed E-state index contributed by atoms with van der Waals surface area (Å²) in [6.45, 7) is 5.47. The van der Waals surface area contributed by atoms with Crippen LogP contribution in [0.2, 0.25) is 0 Å². The zero-order chi connectivity index (χ0) is 19.8. The summed E-state index contributed by atoms with van der Waals surface area (Å²) < 4.78 is 16.1. The van der Waals surface area contributed by atoms with Crippen molar-refractivity contribution >= 4 is 27.7 Å². The maximum absolute atomic E-state index is 12.7. The highest BCUT2D eigenvalue weighted by Gasteiger charge is 2.24. The summed E-state index contributed by atoms with van der Waals surface area (Å²) in [5.74, 6) is -0.0354. The average molecular weight is 377 g/mol. The van der Waals surface area contributed by atoms with Crippen LogP contribution in [0.4, 0.5) is 0 Å². The van der Waals surface area contributed by atoms with E-state index in [1.807, 2.05) is 44.2 Å². The summed E-state index contributed by atoms with van der Waals surface area (Å²) in [5.41, 5.74) is 1.39. The second-order valence-electron chi connectivity index (χ2n) is 6.99. The molecule has 6 heteroatoms. The number of benzene rings is 2. The SMILES string of the molecule is Cc1noc(C(C)C)c1C(=O)OCc1cc(=O)oc2ccc3ccccc3c12. The highest BCUT2D eigenvalue weighted by atomic mass is 16.5. The molecule has 0 aliphatic heterocycles. The first kappa shape index (κ1) is 18.0. The maximum atomic E-state index is 12.7. The molecule has 0 unspecified atom stereocenters. The molecule has 4 rings (SSSR count). The number of aromatic nitrogens is 1. The second-order valence-corrected chi connectivity index (χ2v) is 6.99. The van der Waals surface area contributed by atoms with Crippen molar-refractivity contribution in [2.45, 2.75) is 33.3 Å². The lowest BCUT2D eigenvalue weighted by molar-refractivity contribution is 0.0470. The van der Waals surface area contributed by atoms with Crippen LogP contribution in [0.5, 0.6) is 0 Å². The smallest absolute Gasteiger partial charge is 0.344 e. The van der Waals surface area contributed by atoms with Gasteiger partial charge in [0.2, 0.25) is 0 Å². The number of carbonyl (C=O) groups is 1. The van der Waals surface area contributed by atoms with Crippen molar-refractivity contribution in [3.63, 3.8) is 0 Å². The Labute approximate surface area is 160 Å². The first-order valence-corrected chi connectivity index (χ1v) is 9.03. The minimum atomic E-state index is -0.524. The molecule has 0 N–H and O–H groups in total. The molecule has 2 aromatic carbocycles. The Kier molecular flexibility index (Phi) is 4.47. The van der Waals surface area contributed by atoms with Crippen LogP contribution in [0.15, 0.2) is 56.2 Å². The molecule has 28 heavy (non-hydrogen) atoms. The van der Waals surface area contributed by atoms with Crippen LogP contribution < -0.4 is 5.63 Å². The first-order valence-electron chi connectivity index (χ1n) is 9.03. The van der Waals surface area contributed by atoms with Crippen LogP contribution >= 0.6 is 0 Å². The Balaban J connectivity index is 1.74. The number of nitrogens with zero attached hydrogens (tertiary/aromatic N) is 1. The van der Waals surface area contributed by atoms with Gasteiger partial charge in [0.05, 0.1) is 5.69 Å². The van der Waals surface area contributed by atoms with Gasteiger partial charge in [-0.1, -0.05) is 49.3 Å². The number of hydrogen-bond acceptors (Lipinski definition) is 6. The minimum Gasteiger partial charge on any atom is -0.457 e. The topological polar surface area (TPSA) is 82.5 Å². The Morgan fingerprint density at radius 3 is 2.75 bits per heavy atom. The number of fused-ring (bicyclic) bond motifs is 3. The lowest BCUT2D eigenvalue weighted by Crippen LogP contribution is -2.10. The molecule has 0 aliphatic rings. The summed E-state index contributed by atoms with van der Waals surface area (Å²) in [6.07, 6.45) is 0. The summed E-state index contributed by atoms with van der Waals surface area (Å²) >= 11 is 0. The highest BCUT2D eigenvalue weighted by molar-refractivity contribution is 6.07. The Bertz CT molecular complexity index is 1250. The highest BCUT2D eigenvalue weighted by Crippen LogP contribution is 2.28. The standard InChI is InChI=1S/C22H19NO5/c1-12(2)21-19(13(3)23-28-21)22(25)26-11-15-10-18(24)27-17-9-8-14-6-4-5-7-16(14)20(15)17/h4-10,12H,11H2,1-3H3. The molecule has 6 nitrogen and oxygen atoms in total. The van der Waals surface area contributed by atoms with Gasteiger partial charge in [-0.2, -0.15) is 0 Å². The van der Waals surface area contributed by atoms with Gasteiger partial charge in [0.15, 0.2) is 5.76 Å². The van der Waals surface area contributed by atoms with Crippen molar-refractivity contribution in [2.75, 3.05) is 0 Å². The Hall–Kier alpha value is -3.41. The third-order valence-corrected chi connectivity index (χ3v) is 4.69. The molecular formula is C22H19NO5. The molecule has 0 saturated heterocycles. The van der Waals surface area contributed by atoms with Gasteiger partial charge >= 0.3 is 11.6 Å². The third-order valence-electron chi connectivity index (χ3n) is 4.69. The molecule has 142 valence electrons. The van der Waals surface area contributed by atoms with Gasteiger partial charge in [0.25, 0.3) is 0 Å². The molecule has 2 aromatic heterocycles. The molecule has 0 radical (unpaired) electrons. The fraction of sp³-hybridized carbons (Fsp3) is 0.227. The van der Waals surface area contributed by atoms with Crippen molar-refractivity contribution in [2.24, 2.45) is 0 Å². The summed E-state index contributed by atoms with van der Waals surface area (Å²) in [4.78, 5) is 24.7. The van der Waals surface area contributed by atoms with E-state index in [0.29, 0.717) is 28.2 Å². The fourth-order valence-corrected chi connectivity index (χ4v) is 3.38.